The van der Waals surface area contributed by atoms with Crippen molar-refractivity contribution in [3.63, 3.8) is 0 Å². The third-order valence-corrected chi connectivity index (χ3v) is 4.37. The van der Waals surface area contributed by atoms with Crippen molar-refractivity contribution in [2.75, 3.05) is 12.4 Å². The average molecular weight is 308 g/mol. The molecule has 0 aromatic rings. The Morgan fingerprint density at radius 1 is 1.31 bits per heavy atom. The Morgan fingerprint density at radius 2 is 1.75 bits per heavy atom. The smallest absolute Gasteiger partial charge is 1.00 e. The van der Waals surface area contributed by atoms with Gasteiger partial charge in [0.2, 0.25) is 0 Å². The molecule has 0 amide bonds. The molecule has 0 radical (unpaired) electrons. The maximum Gasteiger partial charge on any atom is 1.00 e. The van der Waals surface area contributed by atoms with E-state index in [1.807, 2.05) is 4.13 Å². The van der Waals surface area contributed by atoms with Crippen molar-refractivity contribution in [1.82, 2.24) is 0 Å². The molecule has 1 unspecified atom stereocenters. The first-order valence-corrected chi connectivity index (χ1v) is 6.48. The van der Waals surface area contributed by atoms with Gasteiger partial charge in [-0.25, -0.2) is 16.8 Å². The predicted octanol–water partition coefficient (Wildman–Crippen LogP) is -2.95. The number of nitrogens with zero attached hydrogens (tertiary/aromatic N) is 1. The van der Waals surface area contributed by atoms with E-state index in [-0.39, 0.29) is 59.4 Å². The number of ether oxygens (including phenoxy) is 1. The van der Waals surface area contributed by atoms with Crippen molar-refractivity contribution in [3.05, 3.63) is 4.13 Å². The van der Waals surface area contributed by atoms with Gasteiger partial charge in [0.15, 0.2) is 10.0 Å². The molecule has 12 heteroatoms. The molecule has 1 aliphatic rings. The Balaban J connectivity index is 0. The van der Waals surface area contributed by atoms with Crippen LogP contribution in [-0.4, -0.2) is 40.8 Å². The monoisotopic (exact) mass is 308 g/mol. The minimum atomic E-state index is -5.99. The van der Waals surface area contributed by atoms with E-state index >= 15 is 0 Å². The van der Waals surface area contributed by atoms with Gasteiger partial charge in [-0.05, 0) is 0 Å². The van der Waals surface area contributed by atoms with E-state index in [0.29, 0.717) is 0 Å². The summed E-state index contributed by atoms with van der Waals surface area (Å²) in [5.41, 5.74) is -5.70. The number of hydrogen-bond donors (Lipinski definition) is 0. The van der Waals surface area contributed by atoms with Gasteiger partial charge in [-0.15, -0.1) is 0 Å². The first kappa shape index (κ1) is 17.2. The molecular formula is C4H6F3KNO5S2-. The fourth-order valence-corrected chi connectivity index (χ4v) is 3.06. The van der Waals surface area contributed by atoms with E-state index in [0.717, 1.165) is 0 Å². The maximum absolute atomic E-state index is 11.7. The SMILES string of the molecule is O=S(=O)(CC1CO1)[N-]S(=O)(=O)C(F)(F)F.[H-].[K+]. The molecule has 0 aromatic carbocycles. The van der Waals surface area contributed by atoms with Gasteiger partial charge in [0, 0.05) is 0 Å². The second-order valence-electron chi connectivity index (χ2n) is 2.70. The molecule has 1 rings (SSSR count). The number of sulfonamides is 2. The van der Waals surface area contributed by atoms with Gasteiger partial charge in [0.25, 0.3) is 0 Å². The molecule has 1 saturated heterocycles. The molecule has 92 valence electrons. The van der Waals surface area contributed by atoms with Crippen LogP contribution in [0, 0.1) is 0 Å². The van der Waals surface area contributed by atoms with Crippen molar-refractivity contribution >= 4 is 20.0 Å². The molecular weight excluding hydrogens is 302 g/mol. The molecule has 1 atom stereocenters. The molecule has 1 fully saturated rings. The van der Waals surface area contributed by atoms with Crippen LogP contribution in [-0.2, 0) is 24.8 Å². The second-order valence-corrected chi connectivity index (χ2v) is 6.21. The number of halogens is 3. The second kappa shape index (κ2) is 5.48. The van der Waals surface area contributed by atoms with Crippen LogP contribution in [0.15, 0.2) is 0 Å². The van der Waals surface area contributed by atoms with Crippen molar-refractivity contribution < 1.29 is 87.6 Å². The van der Waals surface area contributed by atoms with Crippen molar-refractivity contribution in [2.24, 2.45) is 0 Å². The van der Waals surface area contributed by atoms with Gasteiger partial charge in [-0.1, -0.05) is 0 Å². The molecule has 0 aromatic heterocycles. The fourth-order valence-electron chi connectivity index (χ4n) is 0.621. The Labute approximate surface area is 134 Å². The zero-order valence-corrected chi connectivity index (χ0v) is 12.7. The summed E-state index contributed by atoms with van der Waals surface area (Å²) in [6, 6.07) is 0. The quantitative estimate of drug-likeness (QED) is 0.409. The van der Waals surface area contributed by atoms with E-state index in [9.17, 15) is 30.0 Å². The van der Waals surface area contributed by atoms with Gasteiger partial charge in [0.05, 0.1) is 28.5 Å². The van der Waals surface area contributed by atoms with Gasteiger partial charge in [0.1, 0.15) is 0 Å². The van der Waals surface area contributed by atoms with Gasteiger partial charge in [-0.2, -0.15) is 13.2 Å². The molecule has 0 bridgehead atoms. The zero-order valence-electron chi connectivity index (χ0n) is 8.93. The molecule has 1 heterocycles. The zero-order chi connectivity index (χ0) is 11.9. The van der Waals surface area contributed by atoms with Crippen LogP contribution in [0.2, 0.25) is 0 Å². The molecule has 16 heavy (non-hydrogen) atoms. The Hall–Kier alpha value is 1.25. The molecule has 0 N–H and O–H groups in total. The summed E-state index contributed by atoms with van der Waals surface area (Å²) in [7, 11) is -10.7. The predicted molar refractivity (Wildman–Crippen MR) is 43.0 cm³/mol. The van der Waals surface area contributed by atoms with Crippen LogP contribution in [0.3, 0.4) is 0 Å². The molecule has 0 saturated carbocycles. The topological polar surface area (TPSA) is 94.9 Å². The molecule has 0 aliphatic carbocycles. The summed E-state index contributed by atoms with van der Waals surface area (Å²) in [6.07, 6.45) is -0.762. The van der Waals surface area contributed by atoms with E-state index in [4.69, 9.17) is 0 Å². The Morgan fingerprint density at radius 3 is 2.06 bits per heavy atom. The fraction of sp³-hybridized carbons (Fsp3) is 1.00. The van der Waals surface area contributed by atoms with Crippen molar-refractivity contribution in [1.29, 1.82) is 0 Å². The minimum Gasteiger partial charge on any atom is -1.00 e. The molecule has 0 spiro atoms. The van der Waals surface area contributed by atoms with Crippen LogP contribution in [0.5, 0.6) is 0 Å². The Bertz CT molecular complexity index is 444. The van der Waals surface area contributed by atoms with Crippen LogP contribution >= 0.6 is 0 Å². The Kier molecular flexibility index (Phi) is 5.91. The van der Waals surface area contributed by atoms with E-state index in [2.05, 4.69) is 4.74 Å². The van der Waals surface area contributed by atoms with Crippen LogP contribution in [0.25, 0.3) is 4.13 Å². The van der Waals surface area contributed by atoms with Gasteiger partial charge < -0.3 is 10.3 Å². The van der Waals surface area contributed by atoms with Crippen LogP contribution in [0.1, 0.15) is 1.43 Å². The molecule has 6 nitrogen and oxygen atoms in total. The largest absolute Gasteiger partial charge is 1.00 e. The summed E-state index contributed by atoms with van der Waals surface area (Å²) in [4.78, 5) is 0. The average Bonchev–Trinajstić information content (AvgIpc) is 2.64. The van der Waals surface area contributed by atoms with E-state index < -0.39 is 37.4 Å². The minimum absolute atomic E-state index is 0. The number of rotatable bonds is 4. The summed E-state index contributed by atoms with van der Waals surface area (Å²) < 4.78 is 83.8. The molecule has 1 aliphatic heterocycles. The summed E-state index contributed by atoms with van der Waals surface area (Å²) in [6.45, 7) is 0.0703. The van der Waals surface area contributed by atoms with Crippen LogP contribution in [0.4, 0.5) is 13.2 Å². The summed E-state index contributed by atoms with van der Waals surface area (Å²) in [5.74, 6) is -0.859. The third-order valence-electron chi connectivity index (χ3n) is 1.30. The van der Waals surface area contributed by atoms with Gasteiger partial charge in [-0.3, -0.25) is 0 Å². The summed E-state index contributed by atoms with van der Waals surface area (Å²) in [5, 5.41) is 0. The van der Waals surface area contributed by atoms with E-state index in [1.54, 1.807) is 0 Å². The van der Waals surface area contributed by atoms with Gasteiger partial charge >= 0.3 is 56.9 Å². The first-order chi connectivity index (χ1) is 6.54. The number of epoxide rings is 1. The van der Waals surface area contributed by atoms with Crippen molar-refractivity contribution in [3.8, 4) is 0 Å². The first-order valence-electron chi connectivity index (χ1n) is 3.43. The standard InChI is InChI=1S/C4H5F3NO5S2.K.H/c5-4(6,7)15(11,12)8-14(9,10)2-3-1-13-3;;/h3H,1-2H2;;/q-1;+1;-1. The summed E-state index contributed by atoms with van der Waals surface area (Å²) >= 11 is 0. The normalized spacial score (nSPS) is 21.3. The van der Waals surface area contributed by atoms with E-state index in [1.165, 1.54) is 0 Å². The maximum atomic E-state index is 11.7. The number of hydrogen-bond acceptors (Lipinski definition) is 5. The third kappa shape index (κ3) is 5.26. The number of alkyl halides is 3. The van der Waals surface area contributed by atoms with Crippen molar-refractivity contribution in [2.45, 2.75) is 11.6 Å². The van der Waals surface area contributed by atoms with Crippen LogP contribution < -0.4 is 51.4 Å².